The summed E-state index contributed by atoms with van der Waals surface area (Å²) in [6.07, 6.45) is 0. The van der Waals surface area contributed by atoms with Crippen molar-refractivity contribution in [2.45, 2.75) is 0 Å². The van der Waals surface area contributed by atoms with Gasteiger partial charge in [-0.05, 0) is 52.7 Å². The van der Waals surface area contributed by atoms with Crippen molar-refractivity contribution in [2.75, 3.05) is 0 Å². The zero-order valence-corrected chi connectivity index (χ0v) is 24.9. The Morgan fingerprint density at radius 3 is 2.24 bits per heavy atom. The van der Waals surface area contributed by atoms with E-state index < -0.39 is 0 Å². The number of para-hydroxylation sites is 2. The highest BCUT2D eigenvalue weighted by Crippen LogP contribution is 2.44. The molecule has 0 bridgehead atoms. The van der Waals surface area contributed by atoms with Crippen molar-refractivity contribution in [1.82, 2.24) is 9.55 Å². The lowest BCUT2D eigenvalue weighted by molar-refractivity contribution is 0.670. The van der Waals surface area contributed by atoms with Gasteiger partial charge in [-0.25, -0.2) is 4.98 Å². The number of hydrogen-bond donors (Lipinski definition) is 0. The molecular weight excluding hydrogens is 569 g/mol. The first-order valence-corrected chi connectivity index (χ1v) is 16.0. The summed E-state index contributed by atoms with van der Waals surface area (Å²) in [4.78, 5) is 5.37. The van der Waals surface area contributed by atoms with Gasteiger partial charge in [0.25, 0.3) is 0 Å². The smallest absolute Gasteiger partial charge is 0.143 e. The van der Waals surface area contributed by atoms with Gasteiger partial charge < -0.3 is 8.98 Å². The maximum Gasteiger partial charge on any atom is 0.143 e. The van der Waals surface area contributed by atoms with Crippen LogP contribution in [0.1, 0.15) is 0 Å². The van der Waals surface area contributed by atoms with Crippen LogP contribution in [0.4, 0.5) is 0 Å². The van der Waals surface area contributed by atoms with E-state index in [-0.39, 0.29) is 0 Å². The predicted octanol–water partition coefficient (Wildman–Crippen LogP) is 11.8. The molecule has 0 N–H and O–H groups in total. The lowest BCUT2D eigenvalue weighted by atomic mass is 10.0. The zero-order chi connectivity index (χ0) is 29.5. The molecule has 0 aliphatic carbocycles. The number of nitrogens with zero attached hydrogens (tertiary/aromatic N) is 2. The van der Waals surface area contributed by atoms with Gasteiger partial charge in [-0.1, -0.05) is 109 Å². The first-order valence-electron chi connectivity index (χ1n) is 15.1. The van der Waals surface area contributed by atoms with E-state index in [0.717, 1.165) is 59.5 Å². The molecule has 210 valence electrons. The fraction of sp³-hybridized carbons (Fsp3) is 0. The third kappa shape index (κ3) is 3.60. The largest absolute Gasteiger partial charge is 0.455 e. The van der Waals surface area contributed by atoms with Gasteiger partial charge in [-0.3, -0.25) is 0 Å². The number of furan rings is 1. The molecule has 3 nitrogen and oxygen atoms in total. The normalized spacial score (nSPS) is 12.0. The van der Waals surface area contributed by atoms with Gasteiger partial charge in [-0.15, -0.1) is 11.3 Å². The number of benzene rings is 7. The molecule has 0 atom stereocenters. The van der Waals surface area contributed by atoms with Gasteiger partial charge in [0.15, 0.2) is 0 Å². The molecule has 3 heterocycles. The molecule has 0 unspecified atom stereocenters. The Labute approximate surface area is 262 Å². The Balaban J connectivity index is 1.22. The summed E-state index contributed by atoms with van der Waals surface area (Å²) in [5.41, 5.74) is 9.67. The fourth-order valence-electron chi connectivity index (χ4n) is 7.03. The minimum Gasteiger partial charge on any atom is -0.455 e. The van der Waals surface area contributed by atoms with Gasteiger partial charge in [0.05, 0.1) is 26.6 Å². The van der Waals surface area contributed by atoms with E-state index in [9.17, 15) is 0 Å². The number of hydrogen-bond acceptors (Lipinski definition) is 3. The van der Waals surface area contributed by atoms with Crippen LogP contribution in [-0.4, -0.2) is 9.55 Å². The SMILES string of the molecule is c1ccc(-c2cccc3c2oc2ccc4sc(-c5cccc6c5c5ccccc5n6-c5ccc6ccccc6c5)nc4c23)cc1. The highest BCUT2D eigenvalue weighted by molar-refractivity contribution is 7.22. The van der Waals surface area contributed by atoms with Gasteiger partial charge >= 0.3 is 0 Å². The molecule has 0 amide bonds. The van der Waals surface area contributed by atoms with Gasteiger partial charge in [0.1, 0.15) is 16.2 Å². The average Bonchev–Trinajstić information content (AvgIpc) is 3.80. The minimum absolute atomic E-state index is 0.865. The molecule has 0 saturated carbocycles. The van der Waals surface area contributed by atoms with Gasteiger partial charge in [0, 0.05) is 33.0 Å². The Morgan fingerprint density at radius 1 is 0.556 bits per heavy atom. The Kier molecular flexibility index (Phi) is 5.16. The lowest BCUT2D eigenvalue weighted by Crippen LogP contribution is -1.93. The summed E-state index contributed by atoms with van der Waals surface area (Å²) in [5.74, 6) is 0. The van der Waals surface area contributed by atoms with Crippen LogP contribution in [0.3, 0.4) is 0 Å². The van der Waals surface area contributed by atoms with Crippen molar-refractivity contribution < 1.29 is 4.42 Å². The highest BCUT2D eigenvalue weighted by Gasteiger charge is 2.21. The molecule has 0 saturated heterocycles. The van der Waals surface area contributed by atoms with Crippen molar-refractivity contribution in [3.05, 3.63) is 146 Å². The lowest BCUT2D eigenvalue weighted by Gasteiger charge is -2.09. The van der Waals surface area contributed by atoms with Crippen molar-refractivity contribution in [1.29, 1.82) is 0 Å². The topological polar surface area (TPSA) is 31.0 Å². The molecule has 7 aromatic carbocycles. The second kappa shape index (κ2) is 9.39. The van der Waals surface area contributed by atoms with Gasteiger partial charge in [-0.2, -0.15) is 0 Å². The van der Waals surface area contributed by atoms with Crippen LogP contribution in [0.2, 0.25) is 0 Å². The summed E-state index contributed by atoms with van der Waals surface area (Å²) in [5, 5.41) is 8.11. The van der Waals surface area contributed by atoms with Crippen molar-refractivity contribution in [3.63, 3.8) is 0 Å². The third-order valence-electron chi connectivity index (χ3n) is 9.02. The quantitative estimate of drug-likeness (QED) is 0.204. The number of thiazole rings is 1. The van der Waals surface area contributed by atoms with Gasteiger partial charge in [0.2, 0.25) is 0 Å². The molecule has 10 aromatic rings. The van der Waals surface area contributed by atoms with Crippen LogP contribution in [0.15, 0.2) is 150 Å². The maximum absolute atomic E-state index is 6.53. The van der Waals surface area contributed by atoms with E-state index in [2.05, 4.69) is 144 Å². The molecule has 0 radical (unpaired) electrons. The van der Waals surface area contributed by atoms with E-state index in [1.54, 1.807) is 11.3 Å². The summed E-state index contributed by atoms with van der Waals surface area (Å²) < 4.78 is 10.1. The monoisotopic (exact) mass is 592 g/mol. The van der Waals surface area contributed by atoms with Crippen LogP contribution >= 0.6 is 11.3 Å². The number of aromatic nitrogens is 2. The summed E-state index contributed by atoms with van der Waals surface area (Å²) in [7, 11) is 0. The van der Waals surface area contributed by atoms with Crippen LogP contribution in [0.5, 0.6) is 0 Å². The zero-order valence-electron chi connectivity index (χ0n) is 24.1. The molecular formula is C41H24N2OS. The number of rotatable bonds is 3. The molecule has 0 aliphatic heterocycles. The molecule has 4 heteroatoms. The molecule has 3 aromatic heterocycles. The standard InChI is InChI=1S/C41H24N2OS/c1-2-11-26(12-3-1)29-15-8-16-31-38-35(44-40(29)31)22-23-36-39(38)42-41(45-36)32-17-9-19-34-37(32)30-14-6-7-18-33(30)43(34)28-21-20-25-10-4-5-13-27(25)24-28/h1-24H. The van der Waals surface area contributed by atoms with E-state index in [1.165, 1.54) is 32.6 Å². The third-order valence-corrected chi connectivity index (χ3v) is 10.1. The first-order chi connectivity index (χ1) is 22.3. The molecule has 0 fully saturated rings. The number of fused-ring (bicyclic) bond motifs is 9. The summed E-state index contributed by atoms with van der Waals surface area (Å²) in [6, 6.07) is 51.7. The van der Waals surface area contributed by atoms with Crippen LogP contribution in [0, 0.1) is 0 Å². The molecule has 10 rings (SSSR count). The van der Waals surface area contributed by atoms with Crippen LogP contribution in [-0.2, 0) is 0 Å². The van der Waals surface area contributed by atoms with E-state index >= 15 is 0 Å². The first kappa shape index (κ1) is 24.7. The Morgan fingerprint density at radius 2 is 1.31 bits per heavy atom. The van der Waals surface area contributed by atoms with Crippen molar-refractivity contribution in [2.24, 2.45) is 0 Å². The predicted molar refractivity (Wildman–Crippen MR) is 190 cm³/mol. The highest BCUT2D eigenvalue weighted by atomic mass is 32.1. The van der Waals surface area contributed by atoms with Crippen molar-refractivity contribution >= 4 is 76.1 Å². The van der Waals surface area contributed by atoms with E-state index in [0.29, 0.717) is 0 Å². The average molecular weight is 593 g/mol. The summed E-state index contributed by atoms with van der Waals surface area (Å²) in [6.45, 7) is 0. The van der Waals surface area contributed by atoms with Crippen molar-refractivity contribution in [3.8, 4) is 27.4 Å². The summed E-state index contributed by atoms with van der Waals surface area (Å²) >= 11 is 1.75. The van der Waals surface area contributed by atoms with E-state index in [1.807, 2.05) is 6.07 Å². The molecule has 0 aliphatic rings. The van der Waals surface area contributed by atoms with Crippen LogP contribution in [0.25, 0.3) is 92.1 Å². The second-order valence-corrected chi connectivity index (χ2v) is 12.6. The molecule has 0 spiro atoms. The van der Waals surface area contributed by atoms with E-state index in [4.69, 9.17) is 9.40 Å². The molecule has 45 heavy (non-hydrogen) atoms. The fourth-order valence-corrected chi connectivity index (χ4v) is 8.03. The minimum atomic E-state index is 0.865. The Bertz CT molecular complexity index is 2770. The maximum atomic E-state index is 6.53. The van der Waals surface area contributed by atoms with Crippen LogP contribution < -0.4 is 0 Å². The second-order valence-electron chi connectivity index (χ2n) is 11.5. The Hall–Kier alpha value is -5.71.